The lowest BCUT2D eigenvalue weighted by molar-refractivity contribution is 0.0600. The van der Waals surface area contributed by atoms with E-state index in [1.165, 1.54) is 29.6 Å². The molecule has 0 unspecified atom stereocenters. The van der Waals surface area contributed by atoms with Gasteiger partial charge in [0.05, 0.1) is 17.6 Å². The minimum atomic E-state index is -3.66. The van der Waals surface area contributed by atoms with Gasteiger partial charge in [-0.1, -0.05) is 11.6 Å². The maximum absolute atomic E-state index is 13.1. The van der Waals surface area contributed by atoms with E-state index in [-0.39, 0.29) is 10.8 Å². The molecule has 0 atom stereocenters. The molecule has 0 aliphatic carbocycles. The molecule has 2 heterocycles. The highest BCUT2D eigenvalue weighted by molar-refractivity contribution is 7.89. The third-order valence-electron chi connectivity index (χ3n) is 5.38. The van der Waals surface area contributed by atoms with Gasteiger partial charge in [0.2, 0.25) is 10.0 Å². The minimum Gasteiger partial charge on any atom is -0.465 e. The van der Waals surface area contributed by atoms with Crippen molar-refractivity contribution in [3.05, 3.63) is 58.4 Å². The van der Waals surface area contributed by atoms with Crippen LogP contribution in [0, 0.1) is 6.92 Å². The number of hydrogen-bond donors (Lipinski definition) is 0. The van der Waals surface area contributed by atoms with E-state index in [0.717, 1.165) is 0 Å². The largest absolute Gasteiger partial charge is 0.465 e. The van der Waals surface area contributed by atoms with Crippen molar-refractivity contribution in [2.45, 2.75) is 30.6 Å². The Hall–Kier alpha value is -2.42. The van der Waals surface area contributed by atoms with E-state index < -0.39 is 16.0 Å². The van der Waals surface area contributed by atoms with E-state index in [2.05, 4.69) is 4.98 Å². The number of piperidine rings is 1. The molecule has 0 N–H and O–H groups in total. The van der Waals surface area contributed by atoms with Crippen LogP contribution in [0.5, 0.6) is 0 Å². The third kappa shape index (κ3) is 3.82. The summed E-state index contributed by atoms with van der Waals surface area (Å²) in [4.78, 5) is 16.4. The number of aromatic nitrogens is 1. The highest BCUT2D eigenvalue weighted by Crippen LogP contribution is 2.33. The smallest absolute Gasteiger partial charge is 0.337 e. The van der Waals surface area contributed by atoms with Crippen LogP contribution in [-0.2, 0) is 14.8 Å². The maximum atomic E-state index is 13.1. The van der Waals surface area contributed by atoms with Crippen LogP contribution >= 0.6 is 11.6 Å². The summed E-state index contributed by atoms with van der Waals surface area (Å²) < 4.78 is 38.3. The van der Waals surface area contributed by atoms with Crippen molar-refractivity contribution in [1.82, 2.24) is 9.29 Å². The molecule has 4 rings (SSSR count). The topological polar surface area (TPSA) is 89.7 Å². The normalized spacial score (nSPS) is 16.1. The van der Waals surface area contributed by atoms with Crippen LogP contribution in [0.2, 0.25) is 5.02 Å². The highest BCUT2D eigenvalue weighted by Gasteiger charge is 2.32. The zero-order valence-corrected chi connectivity index (χ0v) is 18.2. The second-order valence-electron chi connectivity index (χ2n) is 7.31. The highest BCUT2D eigenvalue weighted by atomic mass is 35.5. The zero-order chi connectivity index (χ0) is 21.5. The van der Waals surface area contributed by atoms with E-state index in [1.807, 2.05) is 0 Å². The number of rotatable bonds is 4. The molecule has 158 valence electrons. The summed E-state index contributed by atoms with van der Waals surface area (Å²) in [6.45, 7) is 2.41. The van der Waals surface area contributed by atoms with E-state index in [4.69, 9.17) is 20.8 Å². The molecule has 1 saturated heterocycles. The summed E-state index contributed by atoms with van der Waals surface area (Å²) in [7, 11) is -2.38. The number of oxazole rings is 1. The van der Waals surface area contributed by atoms with Gasteiger partial charge in [-0.2, -0.15) is 4.31 Å². The van der Waals surface area contributed by atoms with Crippen LogP contribution in [0.4, 0.5) is 0 Å². The van der Waals surface area contributed by atoms with Crippen LogP contribution < -0.4 is 0 Å². The van der Waals surface area contributed by atoms with Gasteiger partial charge in [-0.25, -0.2) is 18.2 Å². The number of fused-ring (bicyclic) bond motifs is 1. The van der Waals surface area contributed by atoms with Crippen molar-refractivity contribution in [3.8, 4) is 0 Å². The first kappa shape index (κ1) is 20.8. The quantitative estimate of drug-likeness (QED) is 0.557. The van der Waals surface area contributed by atoms with Crippen LogP contribution in [0.15, 0.2) is 45.7 Å². The Morgan fingerprint density at radius 1 is 1.20 bits per heavy atom. The lowest BCUT2D eigenvalue weighted by Crippen LogP contribution is -2.38. The number of nitrogens with zero attached hydrogens (tertiary/aromatic N) is 2. The third-order valence-corrected chi connectivity index (χ3v) is 7.68. The summed E-state index contributed by atoms with van der Waals surface area (Å²) >= 11 is 6.01. The van der Waals surface area contributed by atoms with E-state index in [0.29, 0.717) is 59.1 Å². The number of hydrogen-bond acceptors (Lipinski definition) is 6. The fraction of sp³-hybridized carbons (Fsp3) is 0.333. The molecule has 1 aliphatic rings. The van der Waals surface area contributed by atoms with Crippen LogP contribution in [0.25, 0.3) is 11.1 Å². The van der Waals surface area contributed by atoms with Gasteiger partial charge < -0.3 is 9.15 Å². The molecule has 0 amide bonds. The molecule has 0 bridgehead atoms. The first-order valence-corrected chi connectivity index (χ1v) is 11.4. The van der Waals surface area contributed by atoms with Gasteiger partial charge in [-0.15, -0.1) is 0 Å². The number of halogens is 1. The fourth-order valence-corrected chi connectivity index (χ4v) is 5.60. The Bertz CT molecular complexity index is 1210. The lowest BCUT2D eigenvalue weighted by atomic mass is 9.98. The molecule has 9 heteroatoms. The second kappa shape index (κ2) is 8.02. The van der Waals surface area contributed by atoms with Crippen molar-refractivity contribution in [2.24, 2.45) is 0 Å². The first-order valence-electron chi connectivity index (χ1n) is 9.54. The number of ether oxygens (including phenoxy) is 1. The average Bonchev–Trinajstić information content (AvgIpc) is 3.16. The number of benzene rings is 2. The molecular formula is C21H21ClN2O5S. The van der Waals surface area contributed by atoms with Gasteiger partial charge in [0.1, 0.15) is 5.52 Å². The first-order chi connectivity index (χ1) is 14.3. The molecular weight excluding hydrogens is 428 g/mol. The van der Waals surface area contributed by atoms with Crippen molar-refractivity contribution in [2.75, 3.05) is 20.2 Å². The molecule has 3 aromatic rings. The van der Waals surface area contributed by atoms with E-state index in [9.17, 15) is 13.2 Å². The number of sulfonamides is 1. The monoisotopic (exact) mass is 448 g/mol. The Morgan fingerprint density at radius 2 is 1.93 bits per heavy atom. The van der Waals surface area contributed by atoms with Gasteiger partial charge in [0.15, 0.2) is 11.5 Å². The summed E-state index contributed by atoms with van der Waals surface area (Å²) in [5.41, 5.74) is 2.21. The molecule has 1 aliphatic heterocycles. The SMILES string of the molecule is COC(=O)c1ccc(S(=O)(=O)N2CCC(c3nc4cc(Cl)ccc4o3)CC2)c(C)c1. The van der Waals surface area contributed by atoms with Gasteiger partial charge in [-0.3, -0.25) is 0 Å². The standard InChI is InChI=1S/C21H21ClN2O5S/c1-13-11-15(21(25)28-2)3-6-19(13)30(26,27)24-9-7-14(8-10-24)20-23-17-12-16(22)4-5-18(17)29-20/h3-6,11-12,14H,7-10H2,1-2H3. The number of esters is 1. The average molecular weight is 449 g/mol. The van der Waals surface area contributed by atoms with Gasteiger partial charge in [0.25, 0.3) is 0 Å². The summed E-state index contributed by atoms with van der Waals surface area (Å²) in [6.07, 6.45) is 1.22. The number of carbonyl (C=O) groups excluding carboxylic acids is 1. The number of carbonyl (C=O) groups is 1. The number of aryl methyl sites for hydroxylation is 1. The van der Waals surface area contributed by atoms with Crippen molar-refractivity contribution in [1.29, 1.82) is 0 Å². The second-order valence-corrected chi connectivity index (χ2v) is 9.66. The Morgan fingerprint density at radius 3 is 2.60 bits per heavy atom. The van der Waals surface area contributed by atoms with Crippen molar-refractivity contribution >= 4 is 38.7 Å². The molecule has 30 heavy (non-hydrogen) atoms. The van der Waals surface area contributed by atoms with E-state index in [1.54, 1.807) is 25.1 Å². The molecule has 7 nitrogen and oxygen atoms in total. The Labute approximate surface area is 179 Å². The molecule has 2 aromatic carbocycles. The summed E-state index contributed by atoms with van der Waals surface area (Å²) in [5.74, 6) is 0.163. The number of methoxy groups -OCH3 is 1. The molecule has 0 radical (unpaired) electrons. The predicted molar refractivity (Wildman–Crippen MR) is 112 cm³/mol. The molecule has 0 spiro atoms. The van der Waals surface area contributed by atoms with Gasteiger partial charge in [0, 0.05) is 24.0 Å². The molecule has 1 fully saturated rings. The predicted octanol–water partition coefficient (Wildman–Crippen LogP) is 4.14. The summed E-state index contributed by atoms with van der Waals surface area (Å²) in [6, 6.07) is 9.77. The van der Waals surface area contributed by atoms with Crippen LogP contribution in [-0.4, -0.2) is 43.9 Å². The lowest BCUT2D eigenvalue weighted by Gasteiger charge is -2.30. The van der Waals surface area contributed by atoms with Gasteiger partial charge in [-0.05, 0) is 61.7 Å². The Balaban J connectivity index is 1.50. The van der Waals surface area contributed by atoms with E-state index >= 15 is 0 Å². The van der Waals surface area contributed by atoms with Gasteiger partial charge >= 0.3 is 5.97 Å². The van der Waals surface area contributed by atoms with Crippen molar-refractivity contribution < 1.29 is 22.4 Å². The zero-order valence-electron chi connectivity index (χ0n) is 16.6. The fourth-order valence-electron chi connectivity index (χ4n) is 3.76. The maximum Gasteiger partial charge on any atom is 0.337 e. The molecule has 1 aromatic heterocycles. The van der Waals surface area contributed by atoms with Crippen molar-refractivity contribution in [3.63, 3.8) is 0 Å². The van der Waals surface area contributed by atoms with Crippen LogP contribution in [0.3, 0.4) is 0 Å². The summed E-state index contributed by atoms with van der Waals surface area (Å²) in [5, 5.41) is 0.594. The minimum absolute atomic E-state index is 0.0467. The Kier molecular flexibility index (Phi) is 5.57. The van der Waals surface area contributed by atoms with Crippen LogP contribution in [0.1, 0.15) is 40.6 Å². The molecule has 0 saturated carbocycles.